The normalized spacial score (nSPS) is 10.5. The molecule has 0 saturated heterocycles. The number of nitrogens with zero attached hydrogens (tertiary/aromatic N) is 1. The molecule has 5 nitrogen and oxygen atoms in total. The molecule has 1 heterocycles. The van der Waals surface area contributed by atoms with E-state index in [1.165, 1.54) is 23.5 Å². The van der Waals surface area contributed by atoms with Crippen LogP contribution in [0.25, 0.3) is 0 Å². The standard InChI is InChI=1S/C20H17ClFN3O2S/c1-12-19(20(27)23-11-13-5-7-15(22)8-6-13)28-18(24-12)10-17(26)25-16-4-2-3-14(21)9-16/h2-9H,10-11H2,1H3,(H,23,27)(H,25,26). The van der Waals surface area contributed by atoms with Crippen molar-refractivity contribution in [2.24, 2.45) is 0 Å². The van der Waals surface area contributed by atoms with Gasteiger partial charge in [-0.05, 0) is 42.8 Å². The van der Waals surface area contributed by atoms with Crippen molar-refractivity contribution in [3.05, 3.63) is 80.5 Å². The van der Waals surface area contributed by atoms with Crippen LogP contribution in [0, 0.1) is 12.7 Å². The van der Waals surface area contributed by atoms with E-state index in [1.807, 2.05) is 0 Å². The monoisotopic (exact) mass is 417 g/mol. The summed E-state index contributed by atoms with van der Waals surface area (Å²) in [4.78, 5) is 29.4. The molecule has 0 atom stereocenters. The quantitative estimate of drug-likeness (QED) is 0.626. The number of carbonyl (C=O) groups excluding carboxylic acids is 2. The molecule has 0 spiro atoms. The van der Waals surface area contributed by atoms with Crippen LogP contribution in [0.15, 0.2) is 48.5 Å². The number of thiazole rings is 1. The maximum Gasteiger partial charge on any atom is 0.263 e. The highest BCUT2D eigenvalue weighted by atomic mass is 35.5. The molecule has 144 valence electrons. The lowest BCUT2D eigenvalue weighted by molar-refractivity contribution is -0.115. The molecule has 28 heavy (non-hydrogen) atoms. The van der Waals surface area contributed by atoms with Gasteiger partial charge in [-0.1, -0.05) is 29.8 Å². The first-order chi connectivity index (χ1) is 13.4. The fourth-order valence-corrected chi connectivity index (χ4v) is 3.68. The lowest BCUT2D eigenvalue weighted by Gasteiger charge is -2.04. The molecule has 0 aliphatic carbocycles. The van der Waals surface area contributed by atoms with Gasteiger partial charge < -0.3 is 10.6 Å². The number of amides is 2. The summed E-state index contributed by atoms with van der Waals surface area (Å²) in [7, 11) is 0. The Morgan fingerprint density at radius 3 is 2.64 bits per heavy atom. The number of benzene rings is 2. The summed E-state index contributed by atoms with van der Waals surface area (Å²) >= 11 is 7.08. The van der Waals surface area contributed by atoms with Gasteiger partial charge in [-0.3, -0.25) is 9.59 Å². The van der Waals surface area contributed by atoms with Crippen molar-refractivity contribution in [1.82, 2.24) is 10.3 Å². The van der Waals surface area contributed by atoms with Crippen LogP contribution in [-0.2, 0) is 17.8 Å². The zero-order chi connectivity index (χ0) is 20.1. The molecule has 8 heteroatoms. The predicted molar refractivity (Wildman–Crippen MR) is 108 cm³/mol. The molecule has 0 saturated carbocycles. The van der Waals surface area contributed by atoms with Crippen LogP contribution < -0.4 is 10.6 Å². The van der Waals surface area contributed by atoms with E-state index in [0.29, 0.717) is 26.3 Å². The summed E-state index contributed by atoms with van der Waals surface area (Å²) in [5.74, 6) is -0.843. The van der Waals surface area contributed by atoms with E-state index in [2.05, 4.69) is 15.6 Å². The third-order valence-corrected chi connectivity index (χ3v) is 5.22. The number of halogens is 2. The van der Waals surface area contributed by atoms with Crippen LogP contribution in [0.5, 0.6) is 0 Å². The summed E-state index contributed by atoms with van der Waals surface area (Å²) < 4.78 is 12.9. The summed E-state index contributed by atoms with van der Waals surface area (Å²) in [6, 6.07) is 12.8. The molecule has 0 bridgehead atoms. The molecule has 3 aromatic rings. The van der Waals surface area contributed by atoms with Crippen molar-refractivity contribution in [3.8, 4) is 0 Å². The number of rotatable bonds is 6. The third kappa shape index (κ3) is 5.37. The van der Waals surface area contributed by atoms with E-state index in [0.717, 1.165) is 5.56 Å². The third-order valence-electron chi connectivity index (χ3n) is 3.83. The lowest BCUT2D eigenvalue weighted by Crippen LogP contribution is -2.22. The zero-order valence-corrected chi connectivity index (χ0v) is 16.5. The summed E-state index contributed by atoms with van der Waals surface area (Å²) in [5.41, 5.74) is 1.95. The van der Waals surface area contributed by atoms with E-state index >= 15 is 0 Å². The number of anilines is 1. The van der Waals surface area contributed by atoms with Crippen molar-refractivity contribution >= 4 is 40.4 Å². The first-order valence-corrected chi connectivity index (χ1v) is 9.64. The van der Waals surface area contributed by atoms with Crippen LogP contribution in [-0.4, -0.2) is 16.8 Å². The van der Waals surface area contributed by atoms with E-state index in [4.69, 9.17) is 11.6 Å². The van der Waals surface area contributed by atoms with Crippen LogP contribution in [0.3, 0.4) is 0 Å². The molecule has 0 aliphatic heterocycles. The molecule has 0 fully saturated rings. The number of hydrogen-bond acceptors (Lipinski definition) is 4. The highest BCUT2D eigenvalue weighted by Gasteiger charge is 2.17. The Labute approximate surface area is 170 Å². The Kier molecular flexibility index (Phi) is 6.38. The minimum atomic E-state index is -0.325. The van der Waals surface area contributed by atoms with Crippen LogP contribution in [0.1, 0.15) is 25.9 Å². The Hall–Kier alpha value is -2.77. The van der Waals surface area contributed by atoms with Gasteiger partial charge in [0.25, 0.3) is 5.91 Å². The molecule has 3 rings (SSSR count). The molecule has 0 unspecified atom stereocenters. The topological polar surface area (TPSA) is 71.1 Å². The Balaban J connectivity index is 1.59. The molecule has 1 aromatic heterocycles. The van der Waals surface area contributed by atoms with Crippen molar-refractivity contribution in [2.45, 2.75) is 19.9 Å². The van der Waals surface area contributed by atoms with Crippen molar-refractivity contribution in [3.63, 3.8) is 0 Å². The average Bonchev–Trinajstić information content (AvgIpc) is 3.01. The van der Waals surface area contributed by atoms with E-state index in [9.17, 15) is 14.0 Å². The molecule has 0 radical (unpaired) electrons. The van der Waals surface area contributed by atoms with Crippen molar-refractivity contribution < 1.29 is 14.0 Å². The molecule has 2 amide bonds. The zero-order valence-electron chi connectivity index (χ0n) is 15.0. The second-order valence-electron chi connectivity index (χ2n) is 6.07. The lowest BCUT2D eigenvalue weighted by atomic mass is 10.2. The number of aromatic nitrogens is 1. The summed E-state index contributed by atoms with van der Waals surface area (Å²) in [5, 5.41) is 6.61. The van der Waals surface area contributed by atoms with Crippen molar-refractivity contribution in [1.29, 1.82) is 0 Å². The minimum Gasteiger partial charge on any atom is -0.347 e. The predicted octanol–water partition coefficient (Wildman–Crippen LogP) is 4.36. The number of carbonyl (C=O) groups is 2. The highest BCUT2D eigenvalue weighted by Crippen LogP contribution is 2.20. The van der Waals surface area contributed by atoms with Gasteiger partial charge in [0, 0.05) is 17.3 Å². The van der Waals surface area contributed by atoms with Gasteiger partial charge in [0.2, 0.25) is 5.91 Å². The van der Waals surface area contributed by atoms with Gasteiger partial charge in [-0.15, -0.1) is 11.3 Å². The number of aryl methyl sites for hydroxylation is 1. The summed E-state index contributed by atoms with van der Waals surface area (Å²) in [6.45, 7) is 2.00. The SMILES string of the molecule is Cc1nc(CC(=O)Nc2cccc(Cl)c2)sc1C(=O)NCc1ccc(F)cc1. The smallest absolute Gasteiger partial charge is 0.263 e. The van der Waals surface area contributed by atoms with Gasteiger partial charge in [0.1, 0.15) is 15.7 Å². The minimum absolute atomic E-state index is 0.0588. The molecule has 2 N–H and O–H groups in total. The maximum absolute atomic E-state index is 12.9. The largest absolute Gasteiger partial charge is 0.347 e. The van der Waals surface area contributed by atoms with Gasteiger partial charge in [-0.2, -0.15) is 0 Å². The van der Waals surface area contributed by atoms with E-state index in [-0.39, 0.29) is 30.6 Å². The van der Waals surface area contributed by atoms with Gasteiger partial charge in [-0.25, -0.2) is 9.37 Å². The van der Waals surface area contributed by atoms with Crippen LogP contribution >= 0.6 is 22.9 Å². The van der Waals surface area contributed by atoms with Gasteiger partial charge in [0.05, 0.1) is 12.1 Å². The van der Waals surface area contributed by atoms with Crippen molar-refractivity contribution in [2.75, 3.05) is 5.32 Å². The first-order valence-electron chi connectivity index (χ1n) is 8.45. The second kappa shape index (κ2) is 8.95. The summed E-state index contributed by atoms with van der Waals surface area (Å²) in [6.07, 6.45) is 0.0588. The number of hydrogen-bond donors (Lipinski definition) is 2. The van der Waals surface area contributed by atoms with E-state index in [1.54, 1.807) is 43.3 Å². The number of nitrogens with one attached hydrogen (secondary N) is 2. The van der Waals surface area contributed by atoms with E-state index < -0.39 is 0 Å². The average molecular weight is 418 g/mol. The second-order valence-corrected chi connectivity index (χ2v) is 7.59. The van der Waals surface area contributed by atoms with Gasteiger partial charge >= 0.3 is 0 Å². The molecular weight excluding hydrogens is 401 g/mol. The molecule has 0 aliphatic rings. The molecule has 2 aromatic carbocycles. The highest BCUT2D eigenvalue weighted by molar-refractivity contribution is 7.13. The van der Waals surface area contributed by atoms with Crippen LogP contribution in [0.2, 0.25) is 5.02 Å². The Bertz CT molecular complexity index is 1000. The fourth-order valence-electron chi connectivity index (χ4n) is 2.51. The molecular formula is C20H17ClFN3O2S. The maximum atomic E-state index is 12.9. The Morgan fingerprint density at radius 1 is 1.18 bits per heavy atom. The van der Waals surface area contributed by atoms with Gasteiger partial charge in [0.15, 0.2) is 0 Å². The fraction of sp³-hybridized carbons (Fsp3) is 0.150. The van der Waals surface area contributed by atoms with Crippen LogP contribution in [0.4, 0.5) is 10.1 Å². The Morgan fingerprint density at radius 2 is 1.93 bits per heavy atom. The first kappa shape index (κ1) is 20.0.